The van der Waals surface area contributed by atoms with Crippen molar-refractivity contribution in [2.24, 2.45) is 4.99 Å². The average Bonchev–Trinajstić information content (AvgIpc) is 3.30. The van der Waals surface area contributed by atoms with Gasteiger partial charge in [-0.3, -0.25) is 4.90 Å². The summed E-state index contributed by atoms with van der Waals surface area (Å²) in [5.74, 6) is 2.45. The Morgan fingerprint density at radius 2 is 2.00 bits per heavy atom. The van der Waals surface area contributed by atoms with Crippen molar-refractivity contribution in [1.29, 1.82) is 0 Å². The summed E-state index contributed by atoms with van der Waals surface area (Å²) >= 11 is 0. The predicted molar refractivity (Wildman–Crippen MR) is 121 cm³/mol. The summed E-state index contributed by atoms with van der Waals surface area (Å²) in [4.78, 5) is 7.28. The van der Waals surface area contributed by atoms with Crippen molar-refractivity contribution in [3.05, 3.63) is 23.8 Å². The van der Waals surface area contributed by atoms with Crippen LogP contribution in [0.25, 0.3) is 0 Å². The molecule has 0 aromatic heterocycles. The van der Waals surface area contributed by atoms with Crippen LogP contribution in [0.5, 0.6) is 11.5 Å². The summed E-state index contributed by atoms with van der Waals surface area (Å²) in [6.07, 6.45) is 4.99. The molecule has 0 spiro atoms. The molecule has 30 heavy (non-hydrogen) atoms. The SMILES string of the molecule is CCNC(=NCc1cccc(OC)c1OC1CCCC1)NCC(C)N1CCOCC1. The molecule has 0 amide bonds. The van der Waals surface area contributed by atoms with E-state index in [9.17, 15) is 0 Å². The molecule has 2 aliphatic rings. The van der Waals surface area contributed by atoms with E-state index in [1.165, 1.54) is 12.8 Å². The minimum atomic E-state index is 0.282. The van der Waals surface area contributed by atoms with E-state index in [4.69, 9.17) is 19.2 Å². The van der Waals surface area contributed by atoms with E-state index in [2.05, 4.69) is 35.4 Å². The molecule has 1 aliphatic carbocycles. The van der Waals surface area contributed by atoms with Gasteiger partial charge in [0.2, 0.25) is 0 Å². The van der Waals surface area contributed by atoms with Crippen molar-refractivity contribution in [2.75, 3.05) is 46.5 Å². The highest BCUT2D eigenvalue weighted by Crippen LogP contribution is 2.35. The normalized spacial score (nSPS) is 19.5. The van der Waals surface area contributed by atoms with Gasteiger partial charge in [0.1, 0.15) is 0 Å². The highest BCUT2D eigenvalue weighted by Gasteiger charge is 2.21. The van der Waals surface area contributed by atoms with Crippen molar-refractivity contribution in [3.63, 3.8) is 0 Å². The fourth-order valence-electron chi connectivity index (χ4n) is 4.05. The van der Waals surface area contributed by atoms with Crippen molar-refractivity contribution >= 4 is 5.96 Å². The Labute approximate surface area is 181 Å². The van der Waals surface area contributed by atoms with Gasteiger partial charge in [-0.25, -0.2) is 4.99 Å². The molecule has 2 fully saturated rings. The van der Waals surface area contributed by atoms with E-state index in [-0.39, 0.29) is 6.10 Å². The number of nitrogens with one attached hydrogen (secondary N) is 2. The van der Waals surface area contributed by atoms with Crippen LogP contribution >= 0.6 is 0 Å². The van der Waals surface area contributed by atoms with Gasteiger partial charge >= 0.3 is 0 Å². The third-order valence-corrected chi connectivity index (χ3v) is 5.85. The summed E-state index contributed by atoms with van der Waals surface area (Å²) in [6.45, 7) is 10.2. The summed E-state index contributed by atoms with van der Waals surface area (Å²) in [7, 11) is 1.70. The van der Waals surface area contributed by atoms with Crippen LogP contribution in [0.15, 0.2) is 23.2 Å². The van der Waals surface area contributed by atoms with Gasteiger partial charge in [-0.2, -0.15) is 0 Å². The Morgan fingerprint density at radius 1 is 1.23 bits per heavy atom. The Balaban J connectivity index is 1.64. The molecule has 1 saturated carbocycles. The minimum absolute atomic E-state index is 0.282. The summed E-state index contributed by atoms with van der Waals surface area (Å²) < 4.78 is 17.4. The molecular formula is C23H38N4O3. The molecule has 2 N–H and O–H groups in total. The van der Waals surface area contributed by atoms with Gasteiger partial charge in [-0.1, -0.05) is 12.1 Å². The predicted octanol–water partition coefficient (Wildman–Crippen LogP) is 2.79. The molecule has 1 aliphatic heterocycles. The number of hydrogen-bond acceptors (Lipinski definition) is 5. The van der Waals surface area contributed by atoms with Gasteiger partial charge in [0.15, 0.2) is 17.5 Å². The van der Waals surface area contributed by atoms with Gasteiger partial charge < -0.3 is 24.8 Å². The van der Waals surface area contributed by atoms with Gasteiger partial charge in [-0.05, 0) is 45.6 Å². The topological polar surface area (TPSA) is 67.4 Å². The van der Waals surface area contributed by atoms with Crippen LogP contribution in [-0.4, -0.2) is 69.5 Å². The molecule has 1 saturated heterocycles. The van der Waals surface area contributed by atoms with Crippen LogP contribution in [0.4, 0.5) is 0 Å². The van der Waals surface area contributed by atoms with Crippen LogP contribution < -0.4 is 20.1 Å². The molecule has 7 nitrogen and oxygen atoms in total. The van der Waals surface area contributed by atoms with Crippen LogP contribution in [0.2, 0.25) is 0 Å². The summed E-state index contributed by atoms with van der Waals surface area (Å²) in [6, 6.07) is 6.48. The summed E-state index contributed by atoms with van der Waals surface area (Å²) in [5.41, 5.74) is 1.06. The van der Waals surface area contributed by atoms with Crippen molar-refractivity contribution in [3.8, 4) is 11.5 Å². The second-order valence-corrected chi connectivity index (χ2v) is 8.05. The fourth-order valence-corrected chi connectivity index (χ4v) is 4.05. The number of nitrogens with zero attached hydrogens (tertiary/aromatic N) is 2. The molecule has 168 valence electrons. The van der Waals surface area contributed by atoms with E-state index >= 15 is 0 Å². The smallest absolute Gasteiger partial charge is 0.191 e. The fraction of sp³-hybridized carbons (Fsp3) is 0.696. The van der Waals surface area contributed by atoms with E-state index in [0.717, 1.165) is 75.3 Å². The Kier molecular flexibility index (Phi) is 9.08. The van der Waals surface area contributed by atoms with Gasteiger partial charge in [-0.15, -0.1) is 0 Å². The zero-order chi connectivity index (χ0) is 21.2. The molecule has 0 radical (unpaired) electrons. The molecule has 1 aromatic carbocycles. The Morgan fingerprint density at radius 3 is 2.70 bits per heavy atom. The molecule has 1 unspecified atom stereocenters. The van der Waals surface area contributed by atoms with Gasteiger partial charge in [0, 0.05) is 37.8 Å². The Bertz CT molecular complexity index is 670. The lowest BCUT2D eigenvalue weighted by Crippen LogP contribution is -2.49. The molecule has 1 aromatic rings. The van der Waals surface area contributed by atoms with Crippen molar-refractivity contribution in [2.45, 2.75) is 58.2 Å². The third-order valence-electron chi connectivity index (χ3n) is 5.85. The first-order valence-corrected chi connectivity index (χ1v) is 11.4. The number of aliphatic imine (C=N–C) groups is 1. The first kappa shape index (κ1) is 22.7. The maximum atomic E-state index is 6.34. The number of ether oxygens (including phenoxy) is 3. The summed E-state index contributed by atoms with van der Waals surface area (Å²) in [5, 5.41) is 6.85. The van der Waals surface area contributed by atoms with Crippen molar-refractivity contribution in [1.82, 2.24) is 15.5 Å². The van der Waals surface area contributed by atoms with E-state index in [0.29, 0.717) is 12.6 Å². The van der Waals surface area contributed by atoms with E-state index in [1.54, 1.807) is 7.11 Å². The first-order valence-electron chi connectivity index (χ1n) is 11.4. The first-order chi connectivity index (χ1) is 14.7. The second kappa shape index (κ2) is 12.0. The standard InChI is InChI=1S/C23H38N4O3/c1-4-24-23(25-16-18(2)27-12-14-29-15-13-27)26-17-19-8-7-11-21(28-3)22(19)30-20-9-5-6-10-20/h7-8,11,18,20H,4-6,9-10,12-17H2,1-3H3,(H2,24,25,26). The zero-order valence-electron chi connectivity index (χ0n) is 18.8. The molecule has 0 bridgehead atoms. The number of rotatable bonds is 9. The van der Waals surface area contributed by atoms with Crippen LogP contribution in [0, 0.1) is 0 Å². The molecular weight excluding hydrogens is 380 g/mol. The van der Waals surface area contributed by atoms with Gasteiger partial charge in [0.05, 0.1) is 33.0 Å². The van der Waals surface area contributed by atoms with E-state index in [1.807, 2.05) is 12.1 Å². The quantitative estimate of drug-likeness (QED) is 0.475. The molecule has 1 heterocycles. The minimum Gasteiger partial charge on any atom is -0.493 e. The number of methoxy groups -OCH3 is 1. The highest BCUT2D eigenvalue weighted by atomic mass is 16.5. The van der Waals surface area contributed by atoms with Crippen LogP contribution in [0.3, 0.4) is 0 Å². The van der Waals surface area contributed by atoms with Crippen molar-refractivity contribution < 1.29 is 14.2 Å². The largest absolute Gasteiger partial charge is 0.493 e. The molecule has 3 rings (SSSR count). The van der Waals surface area contributed by atoms with Crippen LogP contribution in [-0.2, 0) is 11.3 Å². The lowest BCUT2D eigenvalue weighted by atomic mass is 10.1. The highest BCUT2D eigenvalue weighted by molar-refractivity contribution is 5.79. The average molecular weight is 419 g/mol. The third kappa shape index (κ3) is 6.51. The molecule has 1 atom stereocenters. The van der Waals surface area contributed by atoms with Gasteiger partial charge in [0.25, 0.3) is 0 Å². The maximum absolute atomic E-state index is 6.34. The number of hydrogen-bond donors (Lipinski definition) is 2. The van der Waals surface area contributed by atoms with E-state index < -0.39 is 0 Å². The molecule has 7 heteroatoms. The number of benzene rings is 1. The zero-order valence-corrected chi connectivity index (χ0v) is 18.8. The number of para-hydroxylation sites is 1. The monoisotopic (exact) mass is 418 g/mol. The lowest BCUT2D eigenvalue weighted by molar-refractivity contribution is 0.0211. The number of guanidine groups is 1. The Hall–Kier alpha value is -1.99. The van der Waals surface area contributed by atoms with Crippen LogP contribution in [0.1, 0.15) is 45.1 Å². The number of morpholine rings is 1. The second-order valence-electron chi connectivity index (χ2n) is 8.05. The lowest BCUT2D eigenvalue weighted by Gasteiger charge is -2.32. The maximum Gasteiger partial charge on any atom is 0.191 e.